The monoisotopic (exact) mass is 181 g/mol. The van der Waals surface area contributed by atoms with Crippen molar-refractivity contribution in [3.63, 3.8) is 0 Å². The molecule has 0 aromatic heterocycles. The van der Waals surface area contributed by atoms with E-state index in [0.29, 0.717) is 0 Å². The molecule has 66 valence electrons. The first kappa shape index (κ1) is 7.38. The molecule has 3 rings (SSSR count). The van der Waals surface area contributed by atoms with Crippen molar-refractivity contribution < 1.29 is 0 Å². The van der Waals surface area contributed by atoms with Gasteiger partial charge in [-0.25, -0.2) is 4.98 Å². The Morgan fingerprint density at radius 2 is 1.86 bits per heavy atom. The Bertz CT molecular complexity index is 562. The fraction of sp³-hybridized carbons (Fsp3) is 0. The number of nitrogens with zero attached hydrogens (tertiary/aromatic N) is 3. The van der Waals surface area contributed by atoms with Gasteiger partial charge in [0.1, 0.15) is 0 Å². The Balaban J connectivity index is 2.52. The van der Waals surface area contributed by atoms with Gasteiger partial charge in [-0.15, -0.1) is 0 Å². The van der Waals surface area contributed by atoms with E-state index in [0.717, 1.165) is 22.2 Å². The summed E-state index contributed by atoms with van der Waals surface area (Å²) in [4.78, 5) is 4.48. The van der Waals surface area contributed by atoms with Gasteiger partial charge < -0.3 is 0 Å². The summed E-state index contributed by atoms with van der Waals surface area (Å²) in [7, 11) is 0. The molecule has 1 aromatic rings. The fourth-order valence-corrected chi connectivity index (χ4v) is 1.62. The second-order valence-electron chi connectivity index (χ2n) is 3.10. The van der Waals surface area contributed by atoms with Gasteiger partial charge >= 0.3 is 0 Å². The minimum Gasteiger partial charge on any atom is -0.248 e. The molecular weight excluding hydrogens is 174 g/mol. The normalized spacial score (nSPS) is 10.9. The highest BCUT2D eigenvalue weighted by Crippen LogP contribution is 2.28. The summed E-state index contributed by atoms with van der Waals surface area (Å²) in [5.41, 5.74) is 3.00. The minimum absolute atomic E-state index is 0.941. The first-order valence-corrected chi connectivity index (χ1v) is 4.40. The molecule has 0 bridgehead atoms. The number of fused-ring (bicyclic) bond motifs is 3. The van der Waals surface area contributed by atoms with Gasteiger partial charge in [0.25, 0.3) is 0 Å². The topological polar surface area (TPSA) is 38.7 Å². The van der Waals surface area contributed by atoms with E-state index < -0.39 is 0 Å². The number of benzene rings is 1. The van der Waals surface area contributed by atoms with Gasteiger partial charge in [0.05, 0.1) is 23.6 Å². The van der Waals surface area contributed by atoms with Crippen molar-refractivity contribution in [3.8, 4) is 11.3 Å². The number of hydrogen-bond acceptors (Lipinski definition) is 3. The molecule has 0 saturated carbocycles. The highest BCUT2D eigenvalue weighted by Gasteiger charge is 2.08. The molecule has 0 saturated heterocycles. The SMILES string of the molecule is c1ccc2c3cnnccc-3nc2c1. The lowest BCUT2D eigenvalue weighted by Crippen LogP contribution is -1.69. The molecular formula is C11H7N3. The molecule has 0 amide bonds. The zero-order valence-corrected chi connectivity index (χ0v) is 7.38. The summed E-state index contributed by atoms with van der Waals surface area (Å²) in [6.07, 6.45) is 3.42. The summed E-state index contributed by atoms with van der Waals surface area (Å²) in [6.45, 7) is 0. The average Bonchev–Trinajstić information content (AvgIpc) is 2.42. The van der Waals surface area contributed by atoms with Crippen LogP contribution in [-0.2, 0) is 0 Å². The van der Waals surface area contributed by atoms with Gasteiger partial charge in [0.15, 0.2) is 0 Å². The van der Waals surface area contributed by atoms with Crippen molar-refractivity contribution in [2.75, 3.05) is 0 Å². The van der Waals surface area contributed by atoms with Gasteiger partial charge in [-0.2, -0.15) is 10.2 Å². The largest absolute Gasteiger partial charge is 0.248 e. The minimum atomic E-state index is 0.941. The Morgan fingerprint density at radius 1 is 0.929 bits per heavy atom. The van der Waals surface area contributed by atoms with Crippen molar-refractivity contribution in [1.82, 2.24) is 15.2 Å². The molecule has 3 heteroatoms. The average molecular weight is 181 g/mol. The first-order chi connectivity index (χ1) is 6.95. The van der Waals surface area contributed by atoms with E-state index in [-0.39, 0.29) is 0 Å². The Hall–Kier alpha value is -2.03. The predicted octanol–water partition coefficient (Wildman–Crippen LogP) is 2.13. The van der Waals surface area contributed by atoms with Crippen LogP contribution in [0.3, 0.4) is 0 Å². The third-order valence-electron chi connectivity index (χ3n) is 2.26. The van der Waals surface area contributed by atoms with Gasteiger partial charge in [-0.1, -0.05) is 18.2 Å². The van der Waals surface area contributed by atoms with Gasteiger partial charge in [0.2, 0.25) is 0 Å². The van der Waals surface area contributed by atoms with Crippen molar-refractivity contribution in [2.24, 2.45) is 0 Å². The lowest BCUT2D eigenvalue weighted by atomic mass is 10.1. The van der Waals surface area contributed by atoms with Crippen LogP contribution in [0.2, 0.25) is 0 Å². The van der Waals surface area contributed by atoms with Crippen LogP contribution >= 0.6 is 0 Å². The van der Waals surface area contributed by atoms with Crippen molar-refractivity contribution >= 4 is 10.9 Å². The van der Waals surface area contributed by atoms with Gasteiger partial charge in [0, 0.05) is 10.9 Å². The van der Waals surface area contributed by atoms with Crippen LogP contribution in [0.4, 0.5) is 0 Å². The van der Waals surface area contributed by atoms with Crippen molar-refractivity contribution in [2.45, 2.75) is 0 Å². The fourth-order valence-electron chi connectivity index (χ4n) is 1.62. The van der Waals surface area contributed by atoms with Crippen molar-refractivity contribution in [3.05, 3.63) is 42.7 Å². The molecule has 0 unspecified atom stereocenters. The van der Waals surface area contributed by atoms with Crippen LogP contribution in [0.5, 0.6) is 0 Å². The van der Waals surface area contributed by atoms with E-state index in [1.54, 1.807) is 12.4 Å². The van der Waals surface area contributed by atoms with Crippen LogP contribution < -0.4 is 0 Å². The zero-order chi connectivity index (χ0) is 9.38. The van der Waals surface area contributed by atoms with E-state index in [4.69, 9.17) is 0 Å². The first-order valence-electron chi connectivity index (χ1n) is 4.40. The Kier molecular flexibility index (Phi) is 1.44. The number of hydrogen-bond donors (Lipinski definition) is 0. The summed E-state index contributed by atoms with van der Waals surface area (Å²) in [6, 6.07) is 9.92. The molecule has 0 radical (unpaired) electrons. The molecule has 0 spiro atoms. The third kappa shape index (κ3) is 0.956. The lowest BCUT2D eigenvalue weighted by Gasteiger charge is -1.87. The smallest absolute Gasteiger partial charge is 0.0748 e. The van der Waals surface area contributed by atoms with Crippen LogP contribution in [0.25, 0.3) is 22.2 Å². The molecule has 0 aliphatic carbocycles. The molecule has 0 atom stereocenters. The maximum Gasteiger partial charge on any atom is 0.0748 e. The van der Waals surface area contributed by atoms with Gasteiger partial charge in [-0.05, 0) is 12.1 Å². The maximum absolute atomic E-state index is 4.48. The quantitative estimate of drug-likeness (QED) is 0.533. The number of para-hydroxylation sites is 1. The van der Waals surface area contributed by atoms with Gasteiger partial charge in [-0.3, -0.25) is 0 Å². The van der Waals surface area contributed by atoms with Crippen LogP contribution in [0, 0.1) is 0 Å². The molecule has 14 heavy (non-hydrogen) atoms. The Morgan fingerprint density at radius 3 is 2.86 bits per heavy atom. The lowest BCUT2D eigenvalue weighted by molar-refractivity contribution is 1.06. The van der Waals surface area contributed by atoms with Crippen LogP contribution in [0.15, 0.2) is 42.7 Å². The third-order valence-corrected chi connectivity index (χ3v) is 2.26. The summed E-state index contributed by atoms with van der Waals surface area (Å²) >= 11 is 0. The van der Waals surface area contributed by atoms with Crippen LogP contribution in [0.1, 0.15) is 0 Å². The second-order valence-corrected chi connectivity index (χ2v) is 3.10. The molecule has 2 aliphatic heterocycles. The highest BCUT2D eigenvalue weighted by molar-refractivity contribution is 5.96. The number of rotatable bonds is 0. The standard InChI is InChI=1S/C11H7N3/c1-2-4-10-8(3-1)9-7-13-12-6-5-11(9)14-10/h1-7H. The van der Waals surface area contributed by atoms with E-state index >= 15 is 0 Å². The van der Waals surface area contributed by atoms with Crippen LogP contribution in [-0.4, -0.2) is 15.2 Å². The molecule has 0 N–H and O–H groups in total. The van der Waals surface area contributed by atoms with E-state index in [9.17, 15) is 0 Å². The molecule has 0 fully saturated rings. The summed E-state index contributed by atoms with van der Waals surface area (Å²) in [5, 5.41) is 8.85. The molecule has 2 heterocycles. The number of aromatic nitrogens is 3. The molecule has 3 nitrogen and oxygen atoms in total. The predicted molar refractivity (Wildman–Crippen MR) is 54.0 cm³/mol. The van der Waals surface area contributed by atoms with Crippen molar-refractivity contribution in [1.29, 1.82) is 0 Å². The summed E-state index contributed by atoms with van der Waals surface area (Å²) < 4.78 is 0. The maximum atomic E-state index is 4.48. The second kappa shape index (κ2) is 2.73. The summed E-state index contributed by atoms with van der Waals surface area (Å²) in [5.74, 6) is 0. The molecule has 1 aromatic carbocycles. The zero-order valence-electron chi connectivity index (χ0n) is 7.38. The van der Waals surface area contributed by atoms with E-state index in [1.165, 1.54) is 0 Å². The van der Waals surface area contributed by atoms with E-state index in [1.807, 2.05) is 30.3 Å². The molecule has 2 aliphatic rings. The Labute approximate surface area is 80.8 Å². The van der Waals surface area contributed by atoms with E-state index in [2.05, 4.69) is 15.2 Å². The highest BCUT2D eigenvalue weighted by atomic mass is 15.1.